The van der Waals surface area contributed by atoms with Gasteiger partial charge in [-0.3, -0.25) is 9.59 Å². The Bertz CT molecular complexity index is 340. The maximum absolute atomic E-state index is 12.2. The van der Waals surface area contributed by atoms with E-state index in [1.807, 2.05) is 0 Å². The molecule has 96 valence electrons. The molecule has 1 aliphatic carbocycles. The van der Waals surface area contributed by atoms with Crippen LogP contribution in [0.25, 0.3) is 0 Å². The summed E-state index contributed by atoms with van der Waals surface area (Å²) in [6.45, 7) is 0.576. The third kappa shape index (κ3) is 2.04. The molecule has 0 bridgehead atoms. The number of β-lactam (4-membered cyclic amide) rings is 1. The minimum absolute atomic E-state index is 0.00208. The van der Waals surface area contributed by atoms with Crippen molar-refractivity contribution in [2.75, 3.05) is 12.3 Å². The lowest BCUT2D eigenvalue weighted by molar-refractivity contribution is -0.171. The van der Waals surface area contributed by atoms with Gasteiger partial charge in [-0.1, -0.05) is 0 Å². The first-order chi connectivity index (χ1) is 8.00. The molecule has 2 fully saturated rings. The van der Waals surface area contributed by atoms with Gasteiger partial charge in [0.25, 0.3) is 0 Å². The Hall–Kier alpha value is -0.750. The van der Waals surface area contributed by atoms with Gasteiger partial charge in [-0.15, -0.1) is 0 Å². The van der Waals surface area contributed by atoms with Crippen molar-refractivity contribution >= 4 is 24.4 Å². The SMILES string of the molecule is NC(=O)C(CS)N1CC2(CCC(O)CC2)C1=O. The summed E-state index contributed by atoms with van der Waals surface area (Å²) < 4.78 is 0. The molecule has 2 aliphatic rings. The van der Waals surface area contributed by atoms with Crippen LogP contribution in [0.15, 0.2) is 0 Å². The zero-order chi connectivity index (χ0) is 12.6. The first kappa shape index (κ1) is 12.7. The summed E-state index contributed by atoms with van der Waals surface area (Å²) in [6.07, 6.45) is 2.48. The monoisotopic (exact) mass is 258 g/mol. The Labute approximate surface area is 106 Å². The number of nitrogens with zero attached hydrogens (tertiary/aromatic N) is 1. The Kier molecular flexibility index (Phi) is 3.36. The molecule has 2 amide bonds. The van der Waals surface area contributed by atoms with E-state index in [1.54, 1.807) is 0 Å². The molecule has 0 aromatic heterocycles. The first-order valence-corrected chi connectivity index (χ1v) is 6.53. The molecule has 0 aromatic carbocycles. The average Bonchev–Trinajstić information content (AvgIpc) is 2.30. The van der Waals surface area contributed by atoms with E-state index in [-0.39, 0.29) is 23.2 Å². The number of likely N-dealkylation sites (tertiary alicyclic amines) is 1. The smallest absolute Gasteiger partial charge is 0.241 e. The predicted octanol–water partition coefficient (Wildman–Crippen LogP) is -0.466. The van der Waals surface area contributed by atoms with Crippen LogP contribution in [0.5, 0.6) is 0 Å². The summed E-state index contributed by atoms with van der Waals surface area (Å²) in [4.78, 5) is 24.8. The van der Waals surface area contributed by atoms with Crippen LogP contribution >= 0.6 is 12.6 Å². The standard InChI is InChI=1S/C11H18N2O3S/c12-9(15)8(5-17)13-6-11(10(13)16)3-1-7(14)2-4-11/h7-8,14,17H,1-6H2,(H2,12,15). The summed E-state index contributed by atoms with van der Waals surface area (Å²) >= 11 is 4.05. The summed E-state index contributed by atoms with van der Waals surface area (Å²) in [6, 6.07) is -0.594. The van der Waals surface area contributed by atoms with Gasteiger partial charge in [-0.2, -0.15) is 12.6 Å². The highest BCUT2D eigenvalue weighted by atomic mass is 32.1. The summed E-state index contributed by atoms with van der Waals surface area (Å²) in [7, 11) is 0. The average molecular weight is 258 g/mol. The lowest BCUT2D eigenvalue weighted by atomic mass is 9.66. The van der Waals surface area contributed by atoms with Crippen LogP contribution in [-0.2, 0) is 9.59 Å². The number of nitrogens with two attached hydrogens (primary N) is 1. The molecule has 1 spiro atoms. The fourth-order valence-electron chi connectivity index (χ4n) is 2.80. The normalized spacial score (nSPS) is 34.6. The van der Waals surface area contributed by atoms with Crippen molar-refractivity contribution in [2.45, 2.75) is 37.8 Å². The predicted molar refractivity (Wildman–Crippen MR) is 65.5 cm³/mol. The molecule has 5 nitrogen and oxygen atoms in total. The maximum Gasteiger partial charge on any atom is 0.241 e. The van der Waals surface area contributed by atoms with Crippen molar-refractivity contribution in [3.63, 3.8) is 0 Å². The lowest BCUT2D eigenvalue weighted by Crippen LogP contribution is -2.68. The second-order valence-corrected chi connectivity index (χ2v) is 5.41. The van der Waals surface area contributed by atoms with E-state index in [1.165, 1.54) is 4.90 Å². The Morgan fingerprint density at radius 1 is 1.59 bits per heavy atom. The van der Waals surface area contributed by atoms with Gasteiger partial charge >= 0.3 is 0 Å². The van der Waals surface area contributed by atoms with Gasteiger partial charge in [0.15, 0.2) is 0 Å². The second-order valence-electron chi connectivity index (χ2n) is 5.05. The van der Waals surface area contributed by atoms with Gasteiger partial charge in [-0.25, -0.2) is 0 Å². The number of rotatable bonds is 3. The zero-order valence-corrected chi connectivity index (χ0v) is 10.5. The van der Waals surface area contributed by atoms with Crippen LogP contribution in [0.1, 0.15) is 25.7 Å². The van der Waals surface area contributed by atoms with Crippen LogP contribution < -0.4 is 5.73 Å². The third-order valence-electron chi connectivity index (χ3n) is 3.98. The van der Waals surface area contributed by atoms with Crippen molar-refractivity contribution in [3.8, 4) is 0 Å². The van der Waals surface area contributed by atoms with Crippen LogP contribution in [-0.4, -0.2) is 46.3 Å². The summed E-state index contributed by atoms with van der Waals surface area (Å²) in [5.74, 6) is -0.235. The Balaban J connectivity index is 2.01. The highest BCUT2D eigenvalue weighted by Gasteiger charge is 2.55. The van der Waals surface area contributed by atoms with E-state index in [0.29, 0.717) is 32.2 Å². The second kappa shape index (κ2) is 4.49. The number of hydrogen-bond acceptors (Lipinski definition) is 4. The number of carbonyl (C=O) groups is 2. The summed E-state index contributed by atoms with van der Waals surface area (Å²) in [5, 5.41) is 9.45. The maximum atomic E-state index is 12.2. The molecule has 1 heterocycles. The van der Waals surface area contributed by atoms with Crippen LogP contribution in [0.4, 0.5) is 0 Å². The van der Waals surface area contributed by atoms with E-state index in [4.69, 9.17) is 5.73 Å². The molecule has 1 aliphatic heterocycles. The number of aliphatic hydroxyl groups is 1. The molecule has 0 radical (unpaired) electrons. The van der Waals surface area contributed by atoms with E-state index in [0.717, 1.165) is 0 Å². The molecule has 1 unspecified atom stereocenters. The lowest BCUT2D eigenvalue weighted by Gasteiger charge is -2.53. The third-order valence-corrected chi connectivity index (χ3v) is 4.32. The van der Waals surface area contributed by atoms with E-state index >= 15 is 0 Å². The zero-order valence-electron chi connectivity index (χ0n) is 9.63. The van der Waals surface area contributed by atoms with Gasteiger partial charge in [0.05, 0.1) is 11.5 Å². The molecule has 1 atom stereocenters. The number of hydrogen-bond donors (Lipinski definition) is 3. The molecule has 0 aromatic rings. The first-order valence-electron chi connectivity index (χ1n) is 5.89. The molecule has 1 saturated heterocycles. The summed E-state index contributed by atoms with van der Waals surface area (Å²) in [5.41, 5.74) is 4.90. The minimum atomic E-state index is -0.594. The molecular weight excluding hydrogens is 240 g/mol. The van der Waals surface area contributed by atoms with Gasteiger partial charge in [0, 0.05) is 12.3 Å². The number of carbonyl (C=O) groups excluding carboxylic acids is 2. The molecule has 1 saturated carbocycles. The van der Waals surface area contributed by atoms with Gasteiger partial charge in [0.2, 0.25) is 11.8 Å². The van der Waals surface area contributed by atoms with Gasteiger partial charge in [0.1, 0.15) is 6.04 Å². The molecule has 17 heavy (non-hydrogen) atoms. The van der Waals surface area contributed by atoms with E-state index in [2.05, 4.69) is 12.6 Å². The van der Waals surface area contributed by atoms with Crippen molar-refractivity contribution in [2.24, 2.45) is 11.1 Å². The fourth-order valence-corrected chi connectivity index (χ4v) is 3.18. The Morgan fingerprint density at radius 3 is 2.59 bits per heavy atom. The Morgan fingerprint density at radius 2 is 2.18 bits per heavy atom. The van der Waals surface area contributed by atoms with Crippen LogP contribution in [0.3, 0.4) is 0 Å². The fraction of sp³-hybridized carbons (Fsp3) is 0.818. The van der Waals surface area contributed by atoms with Crippen LogP contribution in [0, 0.1) is 5.41 Å². The number of primary amides is 1. The van der Waals surface area contributed by atoms with Crippen molar-refractivity contribution in [3.05, 3.63) is 0 Å². The van der Waals surface area contributed by atoms with Crippen molar-refractivity contribution in [1.29, 1.82) is 0 Å². The van der Waals surface area contributed by atoms with Crippen molar-refractivity contribution in [1.82, 2.24) is 4.90 Å². The largest absolute Gasteiger partial charge is 0.393 e. The van der Waals surface area contributed by atoms with Crippen LogP contribution in [0.2, 0.25) is 0 Å². The molecule has 6 heteroatoms. The van der Waals surface area contributed by atoms with Gasteiger partial charge in [-0.05, 0) is 25.7 Å². The van der Waals surface area contributed by atoms with E-state index < -0.39 is 11.9 Å². The van der Waals surface area contributed by atoms with E-state index in [9.17, 15) is 14.7 Å². The molecule has 3 N–H and O–H groups in total. The highest BCUT2D eigenvalue weighted by molar-refractivity contribution is 7.80. The minimum Gasteiger partial charge on any atom is -0.393 e. The number of thiol groups is 1. The quantitative estimate of drug-likeness (QED) is 0.473. The number of aliphatic hydroxyl groups excluding tert-OH is 1. The topological polar surface area (TPSA) is 83.6 Å². The molecule has 2 rings (SSSR count). The molecular formula is C11H18N2O3S. The number of amides is 2. The highest BCUT2D eigenvalue weighted by Crippen LogP contribution is 2.45. The van der Waals surface area contributed by atoms with Crippen molar-refractivity contribution < 1.29 is 14.7 Å². The van der Waals surface area contributed by atoms with Gasteiger partial charge < -0.3 is 15.7 Å².